The minimum Gasteiger partial charge on any atom is -0.460 e. The molecule has 1 aromatic heterocycles. The smallest absolute Gasteiger partial charge is 0.312 e. The Morgan fingerprint density at radius 3 is 2.70 bits per heavy atom. The molecule has 0 bridgehead atoms. The van der Waals surface area contributed by atoms with Gasteiger partial charge in [-0.1, -0.05) is 0 Å². The summed E-state index contributed by atoms with van der Waals surface area (Å²) >= 11 is 0. The van der Waals surface area contributed by atoms with E-state index in [0.29, 0.717) is 19.4 Å². The highest BCUT2D eigenvalue weighted by Gasteiger charge is 2.54. The molecular weight excluding hydrogens is 414 g/mol. The zero-order valence-corrected chi connectivity index (χ0v) is 18.5. The topological polar surface area (TPSA) is 107 Å². The summed E-state index contributed by atoms with van der Waals surface area (Å²) < 4.78 is 51.9. The van der Waals surface area contributed by atoms with Crippen molar-refractivity contribution in [1.82, 2.24) is 4.98 Å². The average molecular weight is 443 g/mol. The number of rotatable bonds is 4. The van der Waals surface area contributed by atoms with Crippen LogP contribution in [0.15, 0.2) is 21.5 Å². The Morgan fingerprint density at radius 1 is 1.37 bits per heavy atom. The molecule has 30 heavy (non-hydrogen) atoms. The fraction of sp³-hybridized carbons (Fsp3) is 0.650. The molecular formula is C20H28F2N4O3S. The summed E-state index contributed by atoms with van der Waals surface area (Å²) in [6.45, 7) is 6.11. The maximum Gasteiger partial charge on any atom is 0.312 e. The molecule has 166 valence electrons. The molecule has 0 amide bonds. The van der Waals surface area contributed by atoms with E-state index >= 15 is 0 Å². The van der Waals surface area contributed by atoms with Crippen LogP contribution < -0.4 is 5.73 Å². The molecule has 0 fully saturated rings. The number of carbonyl (C=O) groups excluding carboxylic acids is 1. The zero-order valence-electron chi connectivity index (χ0n) is 17.7. The number of carbonyl (C=O) groups is 1. The number of halogens is 2. The maximum atomic E-state index is 14.7. The first kappa shape index (κ1) is 22.6. The van der Waals surface area contributed by atoms with Crippen LogP contribution in [0.4, 0.5) is 14.6 Å². The van der Waals surface area contributed by atoms with Gasteiger partial charge in [-0.25, -0.2) is 22.3 Å². The van der Waals surface area contributed by atoms with Crippen molar-refractivity contribution in [2.75, 3.05) is 24.7 Å². The third-order valence-corrected chi connectivity index (χ3v) is 8.79. The summed E-state index contributed by atoms with van der Waals surface area (Å²) in [5.74, 6) is -1.71. The van der Waals surface area contributed by atoms with E-state index in [0.717, 1.165) is 6.07 Å². The first-order valence-corrected chi connectivity index (χ1v) is 11.5. The standard InChI is InChI=1S/C20H28F2N4O3S/c1-18(2,3)29-16(27)10-14-19(4)8-5-9-24-30(19,28)12-20(11-21,26-14)17-13(22)6-7-15(23)25-17/h6-7H,5,8-12H2,1-4H3,(H2,23,25)/t19-,20-,30+/m0/s1. The number of fused-ring (bicyclic) bond motifs is 1. The van der Waals surface area contributed by atoms with Gasteiger partial charge in [0.1, 0.15) is 35.1 Å². The number of ether oxygens (including phenoxy) is 1. The van der Waals surface area contributed by atoms with E-state index in [1.165, 1.54) is 6.07 Å². The predicted molar refractivity (Wildman–Crippen MR) is 112 cm³/mol. The van der Waals surface area contributed by atoms with Gasteiger partial charge in [-0.15, -0.1) is 0 Å². The van der Waals surface area contributed by atoms with Gasteiger partial charge in [0.05, 0.1) is 26.6 Å². The normalized spacial score (nSPS) is 31.3. The molecule has 0 saturated carbocycles. The Balaban J connectivity index is 2.20. The molecule has 1 aromatic rings. The van der Waals surface area contributed by atoms with Crippen LogP contribution in [0.25, 0.3) is 0 Å². The van der Waals surface area contributed by atoms with E-state index in [4.69, 9.17) is 10.5 Å². The molecule has 0 unspecified atom stereocenters. The summed E-state index contributed by atoms with van der Waals surface area (Å²) in [5, 5.41) is 0. The number of hydrogen-bond donors (Lipinski definition) is 1. The molecule has 2 N–H and O–H groups in total. The number of alkyl halides is 1. The van der Waals surface area contributed by atoms with E-state index in [1.54, 1.807) is 27.7 Å². The van der Waals surface area contributed by atoms with Crippen LogP contribution >= 0.6 is 0 Å². The second kappa shape index (κ2) is 7.55. The molecule has 0 spiro atoms. The van der Waals surface area contributed by atoms with E-state index < -0.39 is 44.1 Å². The van der Waals surface area contributed by atoms with Crippen LogP contribution in [0.2, 0.25) is 0 Å². The van der Waals surface area contributed by atoms with Gasteiger partial charge in [-0.3, -0.25) is 9.79 Å². The highest BCUT2D eigenvalue weighted by Crippen LogP contribution is 2.44. The monoisotopic (exact) mass is 442 g/mol. The van der Waals surface area contributed by atoms with Crippen LogP contribution in [0, 0.1) is 5.82 Å². The van der Waals surface area contributed by atoms with Crippen molar-refractivity contribution >= 4 is 27.2 Å². The maximum absolute atomic E-state index is 14.7. The van der Waals surface area contributed by atoms with Crippen molar-refractivity contribution in [1.29, 1.82) is 0 Å². The molecule has 0 aliphatic carbocycles. The predicted octanol–water partition coefficient (Wildman–Crippen LogP) is 3.17. The van der Waals surface area contributed by atoms with Crippen molar-refractivity contribution in [3.63, 3.8) is 0 Å². The summed E-state index contributed by atoms with van der Waals surface area (Å²) in [5.41, 5.74) is 2.99. The largest absolute Gasteiger partial charge is 0.460 e. The third kappa shape index (κ3) is 3.93. The van der Waals surface area contributed by atoms with Crippen LogP contribution in [0.1, 0.15) is 52.7 Å². The molecule has 0 radical (unpaired) electrons. The second-order valence-electron chi connectivity index (χ2n) is 9.03. The van der Waals surface area contributed by atoms with E-state index in [2.05, 4.69) is 14.3 Å². The summed E-state index contributed by atoms with van der Waals surface area (Å²) in [6, 6.07) is 2.34. The lowest BCUT2D eigenvalue weighted by Gasteiger charge is -2.45. The van der Waals surface area contributed by atoms with Crippen molar-refractivity contribution < 1.29 is 22.5 Å². The van der Waals surface area contributed by atoms with Crippen LogP contribution in [-0.2, 0) is 24.8 Å². The van der Waals surface area contributed by atoms with Crippen LogP contribution in [0.5, 0.6) is 0 Å². The van der Waals surface area contributed by atoms with Gasteiger partial charge in [-0.2, -0.15) is 0 Å². The average Bonchev–Trinajstić information content (AvgIpc) is 2.63. The first-order chi connectivity index (χ1) is 13.8. The lowest BCUT2D eigenvalue weighted by Crippen LogP contribution is -2.57. The number of aliphatic imine (C=N–C) groups is 1. The molecule has 2 aliphatic rings. The number of nitrogens with two attached hydrogens (primary N) is 1. The molecule has 2 aliphatic heterocycles. The minimum absolute atomic E-state index is 0.00742. The Morgan fingerprint density at radius 2 is 2.07 bits per heavy atom. The number of nitrogen functional groups attached to an aromatic ring is 1. The highest BCUT2D eigenvalue weighted by atomic mass is 32.2. The van der Waals surface area contributed by atoms with Crippen molar-refractivity contribution in [3.05, 3.63) is 23.6 Å². The fourth-order valence-corrected chi connectivity index (χ4v) is 6.97. The lowest BCUT2D eigenvalue weighted by atomic mass is 9.91. The summed E-state index contributed by atoms with van der Waals surface area (Å²) in [6.07, 6.45) is 0.854. The third-order valence-electron chi connectivity index (χ3n) is 5.47. The Kier molecular flexibility index (Phi) is 5.68. The van der Waals surface area contributed by atoms with Crippen molar-refractivity contribution in [2.24, 2.45) is 9.36 Å². The Hall–Kier alpha value is -2.10. The van der Waals surface area contributed by atoms with Crippen molar-refractivity contribution in [2.45, 2.75) is 62.8 Å². The van der Waals surface area contributed by atoms with E-state index in [1.807, 2.05) is 0 Å². The molecule has 0 aromatic carbocycles. The van der Waals surface area contributed by atoms with Gasteiger partial charge in [-0.05, 0) is 52.7 Å². The van der Waals surface area contributed by atoms with Gasteiger partial charge in [0.2, 0.25) is 0 Å². The van der Waals surface area contributed by atoms with E-state index in [-0.39, 0.29) is 29.4 Å². The number of nitrogens with zero attached hydrogens (tertiary/aromatic N) is 3. The first-order valence-electron chi connectivity index (χ1n) is 9.84. The number of aromatic nitrogens is 1. The quantitative estimate of drug-likeness (QED) is 0.721. The fourth-order valence-electron chi connectivity index (χ4n) is 3.97. The zero-order chi connectivity index (χ0) is 22.4. The molecule has 3 atom stereocenters. The molecule has 0 saturated heterocycles. The SMILES string of the molecule is CC(C)(C)OC(=O)CC1=N[C@](CF)(c2nc(N)ccc2F)C[S@]2(=O)=NCCC[C@@]12C. The molecule has 3 heterocycles. The molecule has 3 rings (SSSR count). The van der Waals surface area contributed by atoms with Crippen LogP contribution in [0.3, 0.4) is 0 Å². The van der Waals surface area contributed by atoms with E-state index in [9.17, 15) is 17.8 Å². The van der Waals surface area contributed by atoms with Crippen molar-refractivity contribution in [3.8, 4) is 0 Å². The minimum atomic E-state index is -3.07. The van der Waals surface area contributed by atoms with Gasteiger partial charge in [0.25, 0.3) is 0 Å². The van der Waals surface area contributed by atoms with Gasteiger partial charge in [0, 0.05) is 12.3 Å². The molecule has 7 nitrogen and oxygen atoms in total. The number of esters is 1. The van der Waals surface area contributed by atoms with Crippen LogP contribution in [-0.4, -0.2) is 50.2 Å². The number of anilines is 1. The summed E-state index contributed by atoms with van der Waals surface area (Å²) in [7, 11) is -3.07. The highest BCUT2D eigenvalue weighted by molar-refractivity contribution is 7.96. The molecule has 10 heteroatoms. The number of pyridine rings is 1. The second-order valence-corrected chi connectivity index (χ2v) is 11.8. The summed E-state index contributed by atoms with van der Waals surface area (Å²) in [4.78, 5) is 21.1. The number of hydrogen-bond acceptors (Lipinski definition) is 7. The van der Waals surface area contributed by atoms with Gasteiger partial charge >= 0.3 is 5.97 Å². The van der Waals surface area contributed by atoms with Gasteiger partial charge in [0.15, 0.2) is 0 Å². The Labute approximate surface area is 175 Å². The lowest BCUT2D eigenvalue weighted by molar-refractivity contribution is -0.153. The van der Waals surface area contributed by atoms with Gasteiger partial charge < -0.3 is 10.5 Å². The Bertz CT molecular complexity index is 1010.